The molecule has 1 saturated heterocycles. The van der Waals surface area contributed by atoms with Crippen molar-refractivity contribution in [1.82, 2.24) is 9.88 Å². The molecule has 4 rings (SSSR count). The molecule has 1 fully saturated rings. The van der Waals surface area contributed by atoms with Crippen LogP contribution in [0.4, 0.5) is 10.8 Å². The molecule has 1 aromatic heterocycles. The van der Waals surface area contributed by atoms with Crippen molar-refractivity contribution in [3.8, 4) is 11.5 Å². The van der Waals surface area contributed by atoms with Gasteiger partial charge in [0, 0.05) is 18.3 Å². The van der Waals surface area contributed by atoms with Crippen LogP contribution in [0.2, 0.25) is 0 Å². The number of likely N-dealkylation sites (tertiary alicyclic amines) is 1. The minimum absolute atomic E-state index is 0.746. The van der Waals surface area contributed by atoms with Gasteiger partial charge in [0.25, 0.3) is 0 Å². The normalized spacial score (nSPS) is 14.7. The van der Waals surface area contributed by atoms with Gasteiger partial charge in [0.2, 0.25) is 0 Å². The minimum atomic E-state index is 0.746. The predicted molar refractivity (Wildman–Crippen MR) is 130 cm³/mol. The Labute approximate surface area is 189 Å². The van der Waals surface area contributed by atoms with E-state index in [0.717, 1.165) is 53.8 Å². The first-order valence-corrected chi connectivity index (χ1v) is 12.1. The molecule has 6 heteroatoms. The quantitative estimate of drug-likeness (QED) is 0.416. The predicted octanol–water partition coefficient (Wildman–Crippen LogP) is 5.89. The first kappa shape index (κ1) is 21.9. The highest BCUT2D eigenvalue weighted by molar-refractivity contribution is 7.22. The maximum atomic E-state index is 5.57. The number of nitrogens with zero attached hydrogens (tertiary/aromatic N) is 3. The lowest BCUT2D eigenvalue weighted by molar-refractivity contribution is 0.227. The van der Waals surface area contributed by atoms with Crippen molar-refractivity contribution in [1.29, 1.82) is 0 Å². The van der Waals surface area contributed by atoms with Crippen molar-refractivity contribution >= 4 is 32.4 Å². The number of anilines is 2. The van der Waals surface area contributed by atoms with Crippen molar-refractivity contribution in [2.45, 2.75) is 39.0 Å². The van der Waals surface area contributed by atoms with Crippen LogP contribution in [-0.4, -0.2) is 50.3 Å². The number of fused-ring (bicyclic) bond motifs is 1. The molecular formula is C25H33N3O2S. The number of aryl methyl sites for hydroxylation is 1. The second-order valence-corrected chi connectivity index (χ2v) is 9.11. The van der Waals surface area contributed by atoms with Gasteiger partial charge < -0.3 is 19.3 Å². The van der Waals surface area contributed by atoms with Crippen LogP contribution in [0.15, 0.2) is 36.4 Å². The lowest BCUT2D eigenvalue weighted by Crippen LogP contribution is -2.32. The molecule has 5 nitrogen and oxygen atoms in total. The Balaban J connectivity index is 1.61. The van der Waals surface area contributed by atoms with E-state index in [4.69, 9.17) is 14.5 Å². The van der Waals surface area contributed by atoms with Crippen molar-refractivity contribution in [3.63, 3.8) is 0 Å². The van der Waals surface area contributed by atoms with Crippen LogP contribution in [-0.2, 0) is 6.42 Å². The number of piperidine rings is 1. The van der Waals surface area contributed by atoms with E-state index in [0.29, 0.717) is 0 Å². The van der Waals surface area contributed by atoms with E-state index in [2.05, 4.69) is 47.1 Å². The maximum Gasteiger partial charge on any atom is 0.190 e. The average Bonchev–Trinajstić information content (AvgIpc) is 3.25. The number of thiazole rings is 1. The molecule has 166 valence electrons. The van der Waals surface area contributed by atoms with Gasteiger partial charge in [-0.3, -0.25) is 0 Å². The number of benzene rings is 2. The van der Waals surface area contributed by atoms with Crippen LogP contribution in [0.25, 0.3) is 10.2 Å². The Bertz CT molecular complexity index is 998. The van der Waals surface area contributed by atoms with E-state index < -0.39 is 0 Å². The zero-order valence-corrected chi connectivity index (χ0v) is 19.7. The average molecular weight is 440 g/mol. The summed E-state index contributed by atoms with van der Waals surface area (Å²) in [6.07, 6.45) is 6.18. The number of rotatable bonds is 9. The second-order valence-electron chi connectivity index (χ2n) is 8.10. The highest BCUT2D eigenvalue weighted by Gasteiger charge is 2.18. The molecule has 2 aromatic carbocycles. The fourth-order valence-electron chi connectivity index (χ4n) is 4.26. The summed E-state index contributed by atoms with van der Waals surface area (Å²) < 4.78 is 12.3. The van der Waals surface area contributed by atoms with Gasteiger partial charge in [-0.1, -0.05) is 30.7 Å². The van der Waals surface area contributed by atoms with Crippen molar-refractivity contribution in [2.75, 3.05) is 45.3 Å². The second kappa shape index (κ2) is 10.3. The largest absolute Gasteiger partial charge is 0.493 e. The summed E-state index contributed by atoms with van der Waals surface area (Å²) in [5.41, 5.74) is 3.51. The number of hydrogen-bond donors (Lipinski definition) is 0. The fourth-order valence-corrected chi connectivity index (χ4v) is 5.33. The molecule has 31 heavy (non-hydrogen) atoms. The van der Waals surface area contributed by atoms with Gasteiger partial charge in [0.15, 0.2) is 16.6 Å². The third kappa shape index (κ3) is 5.13. The molecule has 0 atom stereocenters. The fraction of sp³-hybridized carbons (Fsp3) is 0.480. The van der Waals surface area contributed by atoms with Crippen LogP contribution in [0.3, 0.4) is 0 Å². The van der Waals surface area contributed by atoms with E-state index in [1.54, 1.807) is 25.6 Å². The number of ether oxygens (including phenoxy) is 2. The van der Waals surface area contributed by atoms with Crippen molar-refractivity contribution < 1.29 is 9.47 Å². The highest BCUT2D eigenvalue weighted by atomic mass is 32.1. The Morgan fingerprint density at radius 2 is 1.81 bits per heavy atom. The summed E-state index contributed by atoms with van der Waals surface area (Å²) in [7, 11) is 3.36. The monoisotopic (exact) mass is 439 g/mol. The lowest BCUT2D eigenvalue weighted by Gasteiger charge is -2.28. The summed E-state index contributed by atoms with van der Waals surface area (Å²) in [5.74, 6) is 1.49. The molecule has 0 saturated carbocycles. The van der Waals surface area contributed by atoms with Gasteiger partial charge in [-0.25, -0.2) is 4.98 Å². The summed E-state index contributed by atoms with van der Waals surface area (Å²) >= 11 is 1.77. The van der Waals surface area contributed by atoms with Gasteiger partial charge in [-0.15, -0.1) is 0 Å². The van der Waals surface area contributed by atoms with Gasteiger partial charge >= 0.3 is 0 Å². The van der Waals surface area contributed by atoms with Crippen LogP contribution in [0.1, 0.15) is 38.2 Å². The minimum Gasteiger partial charge on any atom is -0.493 e. The molecular weight excluding hydrogens is 406 g/mol. The number of hydrogen-bond acceptors (Lipinski definition) is 6. The number of methoxy groups -OCH3 is 2. The topological polar surface area (TPSA) is 37.8 Å². The molecule has 0 amide bonds. The van der Waals surface area contributed by atoms with Crippen molar-refractivity contribution in [3.05, 3.63) is 42.0 Å². The van der Waals surface area contributed by atoms with E-state index in [1.165, 1.54) is 42.6 Å². The van der Waals surface area contributed by atoms with Crippen LogP contribution < -0.4 is 14.4 Å². The third-order valence-electron chi connectivity index (χ3n) is 6.06. The van der Waals surface area contributed by atoms with E-state index in [-0.39, 0.29) is 0 Å². The molecule has 3 aromatic rings. The van der Waals surface area contributed by atoms with Crippen molar-refractivity contribution in [2.24, 2.45) is 0 Å². The molecule has 0 aliphatic carbocycles. The Morgan fingerprint density at radius 1 is 1.00 bits per heavy atom. The molecule has 1 aliphatic rings. The van der Waals surface area contributed by atoms with Crippen LogP contribution >= 0.6 is 11.3 Å². The SMILES string of the molecule is CCc1ccc2nc(N(CCCN3CCCCC3)c3ccc(OC)c(OC)c3)sc2c1. The molecule has 0 bridgehead atoms. The summed E-state index contributed by atoms with van der Waals surface area (Å²) in [6.45, 7) is 6.72. The lowest BCUT2D eigenvalue weighted by atomic mass is 10.1. The van der Waals surface area contributed by atoms with E-state index in [9.17, 15) is 0 Å². The molecule has 0 spiro atoms. The van der Waals surface area contributed by atoms with Gasteiger partial charge in [-0.05, 0) is 75.1 Å². The first-order valence-electron chi connectivity index (χ1n) is 11.3. The van der Waals surface area contributed by atoms with E-state index in [1.807, 2.05) is 6.07 Å². The highest BCUT2D eigenvalue weighted by Crippen LogP contribution is 2.38. The van der Waals surface area contributed by atoms with Gasteiger partial charge in [0.1, 0.15) is 0 Å². The zero-order chi connectivity index (χ0) is 21.6. The smallest absolute Gasteiger partial charge is 0.190 e. The molecule has 0 radical (unpaired) electrons. The molecule has 1 aliphatic heterocycles. The third-order valence-corrected chi connectivity index (χ3v) is 7.11. The maximum absolute atomic E-state index is 5.57. The molecule has 0 N–H and O–H groups in total. The summed E-state index contributed by atoms with van der Waals surface area (Å²) in [6, 6.07) is 12.7. The van der Waals surface area contributed by atoms with E-state index >= 15 is 0 Å². The van der Waals surface area contributed by atoms with Gasteiger partial charge in [0.05, 0.1) is 24.4 Å². The van der Waals surface area contributed by atoms with Gasteiger partial charge in [-0.2, -0.15) is 0 Å². The zero-order valence-electron chi connectivity index (χ0n) is 18.9. The Kier molecular flexibility index (Phi) is 7.30. The summed E-state index contributed by atoms with van der Waals surface area (Å²) in [5, 5.41) is 1.04. The van der Waals surface area contributed by atoms with Crippen LogP contribution in [0, 0.1) is 0 Å². The Hall–Kier alpha value is -2.31. The molecule has 2 heterocycles. The summed E-state index contributed by atoms with van der Waals surface area (Å²) in [4.78, 5) is 9.92. The number of aromatic nitrogens is 1. The molecule has 0 unspecified atom stereocenters. The standard InChI is InChI=1S/C25H33N3O2S/c1-4-19-9-11-21-24(17-19)31-25(26-21)28(16-8-15-27-13-6-5-7-14-27)20-10-12-22(29-2)23(18-20)30-3/h9-12,17-18H,4-8,13-16H2,1-3H3. The van der Waals surface area contributed by atoms with Crippen LogP contribution in [0.5, 0.6) is 11.5 Å². The Morgan fingerprint density at radius 3 is 2.55 bits per heavy atom. The first-order chi connectivity index (χ1) is 15.2.